The molecule has 18 heavy (non-hydrogen) atoms. The zero-order valence-corrected chi connectivity index (χ0v) is 13.2. The summed E-state index contributed by atoms with van der Waals surface area (Å²) in [7, 11) is 0. The summed E-state index contributed by atoms with van der Waals surface area (Å²) in [4.78, 5) is 0. The van der Waals surface area contributed by atoms with Crippen molar-refractivity contribution in [1.29, 1.82) is 0 Å². The van der Waals surface area contributed by atoms with E-state index in [1.165, 1.54) is 38.5 Å². The molecule has 1 fully saturated rings. The van der Waals surface area contributed by atoms with Gasteiger partial charge < -0.3 is 4.74 Å². The monoisotopic (exact) mass is 254 g/mol. The molecule has 0 amide bonds. The van der Waals surface area contributed by atoms with Gasteiger partial charge in [-0.05, 0) is 49.4 Å². The average Bonchev–Trinajstić information content (AvgIpc) is 2.34. The van der Waals surface area contributed by atoms with Gasteiger partial charge in [-0.15, -0.1) is 0 Å². The average molecular weight is 254 g/mol. The molecule has 0 radical (unpaired) electrons. The highest BCUT2D eigenvalue weighted by Crippen LogP contribution is 2.31. The molecular formula is C17H34O. The van der Waals surface area contributed by atoms with Crippen LogP contribution in [0.4, 0.5) is 0 Å². The van der Waals surface area contributed by atoms with E-state index in [4.69, 9.17) is 4.74 Å². The molecule has 0 heterocycles. The normalized spacial score (nSPS) is 32.2. The van der Waals surface area contributed by atoms with Crippen molar-refractivity contribution in [3.8, 4) is 0 Å². The Kier molecular flexibility index (Phi) is 7.29. The van der Waals surface area contributed by atoms with Crippen LogP contribution in [0.1, 0.15) is 73.1 Å². The van der Waals surface area contributed by atoms with Crippen LogP contribution in [-0.2, 0) is 4.74 Å². The first-order valence-corrected chi connectivity index (χ1v) is 8.16. The summed E-state index contributed by atoms with van der Waals surface area (Å²) >= 11 is 0. The molecule has 1 aliphatic rings. The third-order valence-electron chi connectivity index (χ3n) is 5.19. The van der Waals surface area contributed by atoms with Gasteiger partial charge in [-0.2, -0.15) is 0 Å². The Hall–Kier alpha value is -0.0400. The second kappa shape index (κ2) is 8.19. The van der Waals surface area contributed by atoms with E-state index < -0.39 is 0 Å². The maximum atomic E-state index is 6.10. The molecule has 1 saturated carbocycles. The number of ether oxygens (including phenoxy) is 1. The zero-order valence-electron chi connectivity index (χ0n) is 13.2. The van der Waals surface area contributed by atoms with Crippen LogP contribution in [0, 0.1) is 23.7 Å². The number of rotatable bonds is 7. The predicted molar refractivity (Wildman–Crippen MR) is 79.8 cm³/mol. The van der Waals surface area contributed by atoms with E-state index in [1.54, 1.807) is 0 Å². The van der Waals surface area contributed by atoms with Crippen LogP contribution in [-0.4, -0.2) is 12.7 Å². The SMILES string of the molecule is CCCC(C)C(C)CCOC1CCC(C)C(C)C1. The van der Waals surface area contributed by atoms with Crippen molar-refractivity contribution in [3.05, 3.63) is 0 Å². The Balaban J connectivity index is 2.14. The highest BCUT2D eigenvalue weighted by Gasteiger charge is 2.25. The minimum absolute atomic E-state index is 0.546. The van der Waals surface area contributed by atoms with Crippen LogP contribution >= 0.6 is 0 Å². The van der Waals surface area contributed by atoms with E-state index >= 15 is 0 Å². The van der Waals surface area contributed by atoms with Gasteiger partial charge in [0.25, 0.3) is 0 Å². The molecule has 1 heteroatoms. The fourth-order valence-corrected chi connectivity index (χ4v) is 3.09. The third-order valence-corrected chi connectivity index (χ3v) is 5.19. The fourth-order valence-electron chi connectivity index (χ4n) is 3.09. The third kappa shape index (κ3) is 5.30. The molecule has 1 nitrogen and oxygen atoms in total. The Morgan fingerprint density at radius 2 is 1.67 bits per heavy atom. The summed E-state index contributed by atoms with van der Waals surface area (Å²) in [6.45, 7) is 12.8. The van der Waals surface area contributed by atoms with Crippen molar-refractivity contribution in [2.75, 3.05) is 6.61 Å². The predicted octanol–water partition coefficient (Wildman–Crippen LogP) is 5.29. The van der Waals surface area contributed by atoms with Gasteiger partial charge in [-0.25, -0.2) is 0 Å². The van der Waals surface area contributed by atoms with Gasteiger partial charge in [0.1, 0.15) is 0 Å². The topological polar surface area (TPSA) is 9.23 Å². The van der Waals surface area contributed by atoms with E-state index in [0.29, 0.717) is 6.10 Å². The summed E-state index contributed by atoms with van der Waals surface area (Å²) in [5, 5.41) is 0. The van der Waals surface area contributed by atoms with Crippen molar-refractivity contribution in [1.82, 2.24) is 0 Å². The molecule has 0 N–H and O–H groups in total. The quantitative estimate of drug-likeness (QED) is 0.600. The molecule has 1 rings (SSSR count). The Bertz CT molecular complexity index is 214. The molecule has 0 saturated heterocycles. The lowest BCUT2D eigenvalue weighted by atomic mass is 9.80. The molecule has 0 aromatic rings. The maximum absolute atomic E-state index is 6.10. The number of hydrogen-bond acceptors (Lipinski definition) is 1. The van der Waals surface area contributed by atoms with Crippen LogP contribution in [0.25, 0.3) is 0 Å². The lowest BCUT2D eigenvalue weighted by Gasteiger charge is -2.32. The second-order valence-electron chi connectivity index (χ2n) is 6.79. The minimum Gasteiger partial charge on any atom is -0.378 e. The number of hydrogen-bond donors (Lipinski definition) is 0. The summed E-state index contributed by atoms with van der Waals surface area (Å²) in [6.07, 6.45) is 8.37. The van der Waals surface area contributed by atoms with Crippen LogP contribution in [0.5, 0.6) is 0 Å². The molecular weight excluding hydrogens is 220 g/mol. The van der Waals surface area contributed by atoms with Crippen molar-refractivity contribution in [2.24, 2.45) is 23.7 Å². The van der Waals surface area contributed by atoms with Gasteiger partial charge in [0.2, 0.25) is 0 Å². The van der Waals surface area contributed by atoms with Crippen LogP contribution < -0.4 is 0 Å². The Morgan fingerprint density at radius 3 is 2.28 bits per heavy atom. The van der Waals surface area contributed by atoms with E-state index in [9.17, 15) is 0 Å². The van der Waals surface area contributed by atoms with Gasteiger partial charge >= 0.3 is 0 Å². The summed E-state index contributed by atoms with van der Waals surface area (Å²) in [5.41, 5.74) is 0. The van der Waals surface area contributed by atoms with Crippen LogP contribution in [0.15, 0.2) is 0 Å². The molecule has 1 aliphatic carbocycles. The lowest BCUT2D eigenvalue weighted by Crippen LogP contribution is -2.27. The smallest absolute Gasteiger partial charge is 0.0577 e. The minimum atomic E-state index is 0.546. The first-order valence-electron chi connectivity index (χ1n) is 8.16. The van der Waals surface area contributed by atoms with Crippen molar-refractivity contribution in [2.45, 2.75) is 79.2 Å². The van der Waals surface area contributed by atoms with Crippen LogP contribution in [0.3, 0.4) is 0 Å². The highest BCUT2D eigenvalue weighted by molar-refractivity contribution is 4.75. The summed E-state index contributed by atoms with van der Waals surface area (Å²) in [6, 6.07) is 0. The van der Waals surface area contributed by atoms with Gasteiger partial charge in [-0.3, -0.25) is 0 Å². The molecule has 0 aromatic carbocycles. The van der Waals surface area contributed by atoms with Gasteiger partial charge in [-0.1, -0.05) is 47.5 Å². The van der Waals surface area contributed by atoms with E-state index in [0.717, 1.165) is 30.3 Å². The second-order valence-corrected chi connectivity index (χ2v) is 6.79. The largest absolute Gasteiger partial charge is 0.378 e. The zero-order chi connectivity index (χ0) is 13.5. The molecule has 108 valence electrons. The van der Waals surface area contributed by atoms with E-state index in [2.05, 4.69) is 34.6 Å². The highest BCUT2D eigenvalue weighted by atomic mass is 16.5. The van der Waals surface area contributed by atoms with E-state index in [1.807, 2.05) is 0 Å². The van der Waals surface area contributed by atoms with Crippen LogP contribution in [0.2, 0.25) is 0 Å². The first kappa shape index (κ1) is 16.0. The Labute approximate surface area is 115 Å². The van der Waals surface area contributed by atoms with Gasteiger partial charge in [0, 0.05) is 6.61 Å². The molecule has 0 aliphatic heterocycles. The standard InChI is InChI=1S/C17H34O/c1-6-7-13(2)15(4)10-11-18-17-9-8-14(3)16(5)12-17/h13-17H,6-12H2,1-5H3. The molecule has 0 spiro atoms. The lowest BCUT2D eigenvalue weighted by molar-refractivity contribution is -0.00447. The van der Waals surface area contributed by atoms with Crippen molar-refractivity contribution >= 4 is 0 Å². The summed E-state index contributed by atoms with van der Waals surface area (Å²) < 4.78 is 6.10. The van der Waals surface area contributed by atoms with Gasteiger partial charge in [0.05, 0.1) is 6.10 Å². The molecule has 0 aromatic heterocycles. The first-order chi connectivity index (χ1) is 8.54. The molecule has 5 atom stereocenters. The van der Waals surface area contributed by atoms with E-state index in [-0.39, 0.29) is 0 Å². The van der Waals surface area contributed by atoms with Crippen molar-refractivity contribution in [3.63, 3.8) is 0 Å². The van der Waals surface area contributed by atoms with Crippen molar-refractivity contribution < 1.29 is 4.74 Å². The molecule has 5 unspecified atom stereocenters. The van der Waals surface area contributed by atoms with Gasteiger partial charge in [0.15, 0.2) is 0 Å². The maximum Gasteiger partial charge on any atom is 0.0577 e. The summed E-state index contributed by atoms with van der Waals surface area (Å²) in [5.74, 6) is 3.40. The fraction of sp³-hybridized carbons (Fsp3) is 1.00. The Morgan fingerprint density at radius 1 is 1.00 bits per heavy atom. The molecule has 0 bridgehead atoms.